The van der Waals surface area contributed by atoms with Crippen molar-refractivity contribution in [3.63, 3.8) is 0 Å². The molecule has 0 aromatic rings. The monoisotopic (exact) mass is 459 g/mol. The van der Waals surface area contributed by atoms with Crippen molar-refractivity contribution in [1.29, 1.82) is 0 Å². The smallest absolute Gasteiger partial charge is 0.320 e. The maximum atomic E-state index is 11.7. The van der Waals surface area contributed by atoms with Crippen LogP contribution in [0.15, 0.2) is 23.3 Å². The molecule has 166 valence electrons. The van der Waals surface area contributed by atoms with Crippen LogP contribution >= 0.6 is 17.0 Å². The van der Waals surface area contributed by atoms with Crippen molar-refractivity contribution in [2.45, 2.75) is 105 Å². The van der Waals surface area contributed by atoms with Gasteiger partial charge in [-0.2, -0.15) is 0 Å². The average Bonchev–Trinajstić information content (AvgIpc) is 2.62. The summed E-state index contributed by atoms with van der Waals surface area (Å²) >= 11 is 0. The van der Waals surface area contributed by atoms with Crippen molar-refractivity contribution in [2.75, 3.05) is 19.7 Å². The fraction of sp³-hybridized carbons (Fsp3) is 0.792. The van der Waals surface area contributed by atoms with E-state index in [2.05, 4.69) is 39.1 Å². The fourth-order valence-corrected chi connectivity index (χ4v) is 2.95. The van der Waals surface area contributed by atoms with Gasteiger partial charge < -0.3 is 10.1 Å². The van der Waals surface area contributed by atoms with Crippen LogP contribution in [0, 0.1) is 0 Å². The number of halogens is 1. The van der Waals surface area contributed by atoms with Gasteiger partial charge in [0.2, 0.25) is 0 Å². The zero-order valence-corrected chi connectivity index (χ0v) is 20.7. The topological polar surface area (TPSA) is 38.3 Å². The van der Waals surface area contributed by atoms with E-state index in [1.807, 2.05) is 6.08 Å². The van der Waals surface area contributed by atoms with Gasteiger partial charge in [-0.25, -0.2) is 0 Å². The highest BCUT2D eigenvalue weighted by Gasteiger charge is 2.01. The number of allylic oxidation sites excluding steroid dienone is 3. The number of carbonyl (C=O) groups is 1. The van der Waals surface area contributed by atoms with E-state index in [1.54, 1.807) is 0 Å². The van der Waals surface area contributed by atoms with Crippen LogP contribution < -0.4 is 5.32 Å². The number of unbranched alkanes of at least 4 members (excludes halogenated alkanes) is 9. The SMILES string of the molecule is Br.CCCCCCCCCCCCNCC(=O)OCC=C(C)CCC=C(C)C. The Bertz CT molecular complexity index is 415. The number of esters is 1. The van der Waals surface area contributed by atoms with Gasteiger partial charge >= 0.3 is 5.97 Å². The zero-order chi connectivity index (χ0) is 20.2. The molecular weight excluding hydrogens is 414 g/mol. The lowest BCUT2D eigenvalue weighted by Gasteiger charge is -2.06. The first-order chi connectivity index (χ1) is 13.1. The second-order valence-corrected chi connectivity index (χ2v) is 7.91. The average molecular weight is 461 g/mol. The molecule has 0 heterocycles. The molecule has 0 amide bonds. The number of ether oxygens (including phenoxy) is 1. The summed E-state index contributed by atoms with van der Waals surface area (Å²) in [5.74, 6) is -0.157. The molecule has 28 heavy (non-hydrogen) atoms. The molecule has 0 atom stereocenters. The lowest BCUT2D eigenvalue weighted by atomic mass is 10.1. The first kappa shape index (κ1) is 29.6. The van der Waals surface area contributed by atoms with Gasteiger partial charge in [-0.15, -0.1) is 17.0 Å². The zero-order valence-electron chi connectivity index (χ0n) is 19.0. The molecule has 0 aromatic heterocycles. The summed E-state index contributed by atoms with van der Waals surface area (Å²) in [5.41, 5.74) is 2.63. The second kappa shape index (κ2) is 22.7. The Morgan fingerprint density at radius 3 is 2.00 bits per heavy atom. The predicted molar refractivity (Wildman–Crippen MR) is 128 cm³/mol. The third-order valence-electron chi connectivity index (χ3n) is 4.74. The maximum Gasteiger partial charge on any atom is 0.320 e. The molecule has 0 aliphatic heterocycles. The van der Waals surface area contributed by atoms with Crippen molar-refractivity contribution in [3.05, 3.63) is 23.3 Å². The summed E-state index contributed by atoms with van der Waals surface area (Å²) in [6, 6.07) is 0. The summed E-state index contributed by atoms with van der Waals surface area (Å²) in [6.45, 7) is 10.2. The van der Waals surface area contributed by atoms with Crippen molar-refractivity contribution in [1.82, 2.24) is 5.32 Å². The predicted octanol–water partition coefficient (Wildman–Crippen LogP) is 7.31. The minimum absolute atomic E-state index is 0. The van der Waals surface area contributed by atoms with Crippen molar-refractivity contribution in [2.24, 2.45) is 0 Å². The van der Waals surface area contributed by atoms with Crippen LogP contribution in [0.3, 0.4) is 0 Å². The summed E-state index contributed by atoms with van der Waals surface area (Å²) in [4.78, 5) is 11.7. The number of hydrogen-bond donors (Lipinski definition) is 1. The van der Waals surface area contributed by atoms with Gasteiger partial charge in [0.1, 0.15) is 6.61 Å². The van der Waals surface area contributed by atoms with E-state index in [4.69, 9.17) is 4.74 Å². The van der Waals surface area contributed by atoms with E-state index in [0.29, 0.717) is 13.2 Å². The normalized spacial score (nSPS) is 11.1. The van der Waals surface area contributed by atoms with Gasteiger partial charge in [0.05, 0.1) is 6.54 Å². The highest BCUT2D eigenvalue weighted by atomic mass is 79.9. The van der Waals surface area contributed by atoms with Gasteiger partial charge in [0.25, 0.3) is 0 Å². The molecule has 0 fully saturated rings. The van der Waals surface area contributed by atoms with Crippen LogP contribution in [0.1, 0.15) is 105 Å². The number of hydrogen-bond acceptors (Lipinski definition) is 3. The number of carbonyl (C=O) groups excluding carboxylic acids is 1. The lowest BCUT2D eigenvalue weighted by Crippen LogP contribution is -2.25. The van der Waals surface area contributed by atoms with Gasteiger partial charge in [-0.1, -0.05) is 81.9 Å². The highest BCUT2D eigenvalue weighted by molar-refractivity contribution is 8.93. The molecule has 4 heteroatoms. The Morgan fingerprint density at radius 1 is 0.857 bits per heavy atom. The molecule has 0 aromatic carbocycles. The molecule has 0 saturated heterocycles. The third-order valence-corrected chi connectivity index (χ3v) is 4.74. The molecule has 0 aliphatic rings. The minimum Gasteiger partial charge on any atom is -0.460 e. The van der Waals surface area contributed by atoms with Crippen LogP contribution in [-0.2, 0) is 9.53 Å². The summed E-state index contributed by atoms with van der Waals surface area (Å²) in [7, 11) is 0. The van der Waals surface area contributed by atoms with Crippen LogP contribution in [0.25, 0.3) is 0 Å². The molecule has 0 aliphatic carbocycles. The van der Waals surface area contributed by atoms with E-state index >= 15 is 0 Å². The Balaban J connectivity index is 0. The molecule has 0 saturated carbocycles. The van der Waals surface area contributed by atoms with Gasteiger partial charge in [0.15, 0.2) is 0 Å². The van der Waals surface area contributed by atoms with Gasteiger partial charge in [0, 0.05) is 0 Å². The number of nitrogens with one attached hydrogen (secondary N) is 1. The second-order valence-electron chi connectivity index (χ2n) is 7.91. The van der Waals surface area contributed by atoms with Crippen molar-refractivity contribution >= 4 is 23.0 Å². The Labute approximate surface area is 185 Å². The lowest BCUT2D eigenvalue weighted by molar-refractivity contribution is -0.141. The van der Waals surface area contributed by atoms with E-state index in [9.17, 15) is 4.79 Å². The van der Waals surface area contributed by atoms with E-state index < -0.39 is 0 Å². The summed E-state index contributed by atoms with van der Waals surface area (Å²) in [5, 5.41) is 3.19. The van der Waals surface area contributed by atoms with Gasteiger partial charge in [-0.05, 0) is 52.7 Å². The molecule has 0 bridgehead atoms. The quantitative estimate of drug-likeness (QED) is 0.132. The molecule has 0 radical (unpaired) electrons. The van der Waals surface area contributed by atoms with E-state index in [-0.39, 0.29) is 23.0 Å². The van der Waals surface area contributed by atoms with Crippen LogP contribution in [0.4, 0.5) is 0 Å². The minimum atomic E-state index is -0.157. The molecule has 1 N–H and O–H groups in total. The molecular formula is C24H46BrNO2. The third kappa shape index (κ3) is 23.4. The molecule has 0 spiro atoms. The Kier molecular flexibility index (Phi) is 24.0. The van der Waals surface area contributed by atoms with E-state index in [1.165, 1.54) is 68.9 Å². The van der Waals surface area contributed by atoms with Crippen molar-refractivity contribution in [3.8, 4) is 0 Å². The van der Waals surface area contributed by atoms with E-state index in [0.717, 1.165) is 25.8 Å². The largest absolute Gasteiger partial charge is 0.460 e. The van der Waals surface area contributed by atoms with Crippen LogP contribution in [0.5, 0.6) is 0 Å². The Hall–Kier alpha value is -0.610. The molecule has 0 rings (SSSR count). The van der Waals surface area contributed by atoms with Crippen LogP contribution in [0.2, 0.25) is 0 Å². The van der Waals surface area contributed by atoms with Crippen LogP contribution in [-0.4, -0.2) is 25.7 Å². The first-order valence-corrected chi connectivity index (χ1v) is 11.2. The Morgan fingerprint density at radius 2 is 1.43 bits per heavy atom. The van der Waals surface area contributed by atoms with Gasteiger partial charge in [-0.3, -0.25) is 4.79 Å². The summed E-state index contributed by atoms with van der Waals surface area (Å²) < 4.78 is 5.25. The summed E-state index contributed by atoms with van der Waals surface area (Å²) in [6.07, 6.45) is 19.7. The standard InChI is InChI=1S/C24H45NO2.BrH/c1-5-6-7-8-9-10-11-12-13-14-19-25-21-24(26)27-20-18-23(4)17-15-16-22(2)3;/h16,18,25H,5-15,17,19-21H2,1-4H3;1H. The first-order valence-electron chi connectivity index (χ1n) is 11.2. The number of rotatable bonds is 18. The highest BCUT2D eigenvalue weighted by Crippen LogP contribution is 2.10. The molecule has 0 unspecified atom stereocenters. The van der Waals surface area contributed by atoms with Crippen molar-refractivity contribution < 1.29 is 9.53 Å². The fourth-order valence-electron chi connectivity index (χ4n) is 2.95. The molecule has 3 nitrogen and oxygen atoms in total. The maximum absolute atomic E-state index is 11.7.